The number of unbranched alkanes of at least 4 members (excludes halogenated alkanes) is 1. The molecule has 242 valence electrons. The van der Waals surface area contributed by atoms with Crippen molar-refractivity contribution in [3.8, 4) is 5.75 Å². The van der Waals surface area contributed by atoms with Crippen molar-refractivity contribution in [2.24, 2.45) is 22.2 Å². The monoisotopic (exact) mass is 618 g/mol. The summed E-state index contributed by atoms with van der Waals surface area (Å²) in [5.74, 6) is -3.44. The molecule has 0 saturated carbocycles. The molecule has 1 aromatic rings. The van der Waals surface area contributed by atoms with Gasteiger partial charge < -0.3 is 48.3 Å². The van der Waals surface area contributed by atoms with Gasteiger partial charge in [-0.2, -0.15) is 0 Å². The number of phenols is 1. The predicted octanol–water partition coefficient (Wildman–Crippen LogP) is -2.41. The molecule has 0 spiro atoms. The molecule has 16 nitrogen and oxygen atoms in total. The normalized spacial score (nSPS) is 21.9. The summed E-state index contributed by atoms with van der Waals surface area (Å²) in [5.41, 5.74) is 16.9. The number of benzene rings is 1. The molecule has 1 aliphatic rings. The lowest BCUT2D eigenvalue weighted by atomic mass is 10.0. The van der Waals surface area contributed by atoms with E-state index in [-0.39, 0.29) is 56.8 Å². The van der Waals surface area contributed by atoms with E-state index in [1.165, 1.54) is 12.1 Å². The van der Waals surface area contributed by atoms with Crippen LogP contribution in [0.5, 0.6) is 5.75 Å². The number of hydrogen-bond donors (Lipinski definition) is 8. The Hall–Kier alpha value is -4.73. The summed E-state index contributed by atoms with van der Waals surface area (Å²) >= 11 is 0. The Balaban J connectivity index is 2.44. The average molecular weight is 619 g/mol. The SMILES string of the molecule is NCCCC[C@H]1NC(=O)[C@@H](CCCN=C(N)N)NC(=O)CCC(=O)[C@@H](COC=O)NC(=O)[C@H](Cc2ccc(O)cc2)NC1=O. The highest BCUT2D eigenvalue weighted by molar-refractivity contribution is 5.97. The van der Waals surface area contributed by atoms with Crippen molar-refractivity contribution >= 4 is 41.8 Å². The molecule has 44 heavy (non-hydrogen) atoms. The van der Waals surface area contributed by atoms with Crippen LogP contribution in [0.4, 0.5) is 0 Å². The number of Topliss-reactive ketones (excluding diaryl/α,β-unsaturated/α-hetero) is 1. The van der Waals surface area contributed by atoms with E-state index in [2.05, 4.69) is 26.3 Å². The molecule has 1 heterocycles. The van der Waals surface area contributed by atoms with Crippen LogP contribution in [0, 0.1) is 0 Å². The van der Waals surface area contributed by atoms with Gasteiger partial charge in [-0.15, -0.1) is 0 Å². The number of phenolic OH excluding ortho intramolecular Hbond substituents is 1. The van der Waals surface area contributed by atoms with Crippen LogP contribution in [-0.2, 0) is 39.9 Å². The minimum absolute atomic E-state index is 0.000305. The molecule has 0 aliphatic carbocycles. The zero-order valence-corrected chi connectivity index (χ0v) is 24.5. The summed E-state index contributed by atoms with van der Waals surface area (Å²) in [5, 5.41) is 20.1. The van der Waals surface area contributed by atoms with Gasteiger partial charge in [-0.25, -0.2) is 0 Å². The number of hydrogen-bond acceptors (Lipinski definition) is 10. The molecule has 1 aliphatic heterocycles. The first-order chi connectivity index (χ1) is 21.0. The van der Waals surface area contributed by atoms with E-state index in [1.807, 2.05) is 0 Å². The van der Waals surface area contributed by atoms with E-state index < -0.39 is 60.2 Å². The fourth-order valence-corrected chi connectivity index (χ4v) is 4.46. The smallest absolute Gasteiger partial charge is 0.293 e. The van der Waals surface area contributed by atoms with Gasteiger partial charge in [-0.05, 0) is 56.3 Å². The maximum Gasteiger partial charge on any atom is 0.293 e. The summed E-state index contributed by atoms with van der Waals surface area (Å²) in [6, 6.07) is 1.25. The Morgan fingerprint density at radius 2 is 1.43 bits per heavy atom. The van der Waals surface area contributed by atoms with Crippen molar-refractivity contribution in [3.05, 3.63) is 29.8 Å². The molecule has 4 atom stereocenters. The van der Waals surface area contributed by atoms with E-state index in [9.17, 15) is 33.9 Å². The maximum absolute atomic E-state index is 13.6. The highest BCUT2D eigenvalue weighted by Gasteiger charge is 2.32. The van der Waals surface area contributed by atoms with Crippen LogP contribution >= 0.6 is 0 Å². The number of aliphatic imine (C=N–C) groups is 1. The van der Waals surface area contributed by atoms with Gasteiger partial charge in [0, 0.05) is 25.8 Å². The topological polar surface area (TPSA) is 270 Å². The quantitative estimate of drug-likeness (QED) is 0.0499. The Labute approximate surface area is 254 Å². The molecular weight excluding hydrogens is 576 g/mol. The number of guanidine groups is 1. The van der Waals surface area contributed by atoms with Crippen LogP contribution < -0.4 is 38.5 Å². The number of ketones is 1. The summed E-state index contributed by atoms with van der Waals surface area (Å²) in [6.45, 7) is 0.167. The van der Waals surface area contributed by atoms with Gasteiger partial charge in [0.05, 0.1) is 0 Å². The lowest BCUT2D eigenvalue weighted by molar-refractivity contribution is -0.136. The summed E-state index contributed by atoms with van der Waals surface area (Å²) in [4.78, 5) is 80.9. The molecule has 16 heteroatoms. The first-order valence-electron chi connectivity index (χ1n) is 14.4. The molecule has 1 aromatic carbocycles. The number of ether oxygens (including phenoxy) is 1. The van der Waals surface area contributed by atoms with Gasteiger partial charge in [0.25, 0.3) is 6.47 Å². The third kappa shape index (κ3) is 12.6. The van der Waals surface area contributed by atoms with Crippen LogP contribution in [0.15, 0.2) is 29.3 Å². The number of nitrogens with one attached hydrogen (secondary N) is 4. The van der Waals surface area contributed by atoms with Crippen LogP contribution in [0.2, 0.25) is 0 Å². The van der Waals surface area contributed by atoms with E-state index in [1.54, 1.807) is 12.1 Å². The van der Waals surface area contributed by atoms with Gasteiger partial charge in [0.1, 0.15) is 36.5 Å². The largest absolute Gasteiger partial charge is 0.508 e. The van der Waals surface area contributed by atoms with Crippen molar-refractivity contribution in [1.82, 2.24) is 21.3 Å². The first kappa shape index (κ1) is 35.5. The number of amides is 4. The van der Waals surface area contributed by atoms with Gasteiger partial charge in [-0.3, -0.25) is 33.8 Å². The molecule has 0 unspecified atom stereocenters. The second kappa shape index (κ2) is 18.7. The van der Waals surface area contributed by atoms with Crippen molar-refractivity contribution in [2.45, 2.75) is 75.5 Å². The zero-order valence-electron chi connectivity index (χ0n) is 24.5. The Kier molecular flexibility index (Phi) is 15.1. The van der Waals surface area contributed by atoms with E-state index in [4.69, 9.17) is 21.9 Å². The fraction of sp³-hybridized carbons (Fsp3) is 0.536. The summed E-state index contributed by atoms with van der Waals surface area (Å²) in [7, 11) is 0. The van der Waals surface area contributed by atoms with Gasteiger partial charge >= 0.3 is 0 Å². The number of carbonyl (C=O) groups is 6. The molecule has 1 saturated heterocycles. The summed E-state index contributed by atoms with van der Waals surface area (Å²) < 4.78 is 4.75. The van der Waals surface area contributed by atoms with Gasteiger partial charge in [-0.1, -0.05) is 12.1 Å². The third-order valence-electron chi connectivity index (χ3n) is 6.82. The standard InChI is InChI=1S/C28H42N8O8/c29-12-2-1-4-20-26(42)35-21(14-17-6-8-18(38)9-7-17)27(43)36-22(15-44-16-37)23(39)10-11-24(40)33-19(25(41)34-20)5-3-13-32-28(30)31/h6-9,16,19-22,38H,1-5,10-15,29H2,(H,33,40)(H,34,41)(H,35,42)(H,36,43)(H4,30,31,32)/t19-,20-,21+,22-/m1/s1. The van der Waals surface area contributed by atoms with Crippen molar-refractivity contribution < 1.29 is 38.6 Å². The summed E-state index contributed by atoms with van der Waals surface area (Å²) in [6.07, 6.45) is 0.975. The molecule has 2 rings (SSSR count). The Bertz CT molecular complexity index is 1170. The molecular formula is C28H42N8O8. The first-order valence-corrected chi connectivity index (χ1v) is 14.4. The van der Waals surface area contributed by atoms with Crippen LogP contribution in [0.25, 0.3) is 0 Å². The van der Waals surface area contributed by atoms with Crippen molar-refractivity contribution in [2.75, 3.05) is 19.7 Å². The number of nitrogens with two attached hydrogens (primary N) is 3. The molecule has 0 radical (unpaired) electrons. The number of aromatic hydroxyl groups is 1. The number of rotatable bonds is 13. The van der Waals surface area contributed by atoms with E-state index >= 15 is 0 Å². The van der Waals surface area contributed by atoms with Gasteiger partial charge in [0.2, 0.25) is 23.6 Å². The Morgan fingerprint density at radius 1 is 0.841 bits per heavy atom. The van der Waals surface area contributed by atoms with Crippen LogP contribution in [0.1, 0.15) is 50.5 Å². The molecule has 11 N–H and O–H groups in total. The number of nitrogens with zero attached hydrogens (tertiary/aromatic N) is 1. The maximum atomic E-state index is 13.6. The molecule has 0 aromatic heterocycles. The highest BCUT2D eigenvalue weighted by atomic mass is 16.5. The fourth-order valence-electron chi connectivity index (χ4n) is 4.46. The second-order valence-electron chi connectivity index (χ2n) is 10.3. The molecule has 0 bridgehead atoms. The third-order valence-corrected chi connectivity index (χ3v) is 6.82. The predicted molar refractivity (Wildman–Crippen MR) is 159 cm³/mol. The van der Waals surface area contributed by atoms with Crippen LogP contribution in [0.3, 0.4) is 0 Å². The van der Waals surface area contributed by atoms with E-state index in [0.717, 1.165) is 0 Å². The average Bonchev–Trinajstić information content (AvgIpc) is 2.99. The second-order valence-corrected chi connectivity index (χ2v) is 10.3. The number of carbonyl (C=O) groups excluding carboxylic acids is 6. The lowest BCUT2D eigenvalue weighted by Gasteiger charge is -2.26. The van der Waals surface area contributed by atoms with Crippen LogP contribution in [-0.4, -0.2) is 90.8 Å². The molecule has 4 amide bonds. The zero-order chi connectivity index (χ0) is 32.5. The Morgan fingerprint density at radius 3 is 2.07 bits per heavy atom. The minimum Gasteiger partial charge on any atom is -0.508 e. The van der Waals surface area contributed by atoms with Gasteiger partial charge in [0.15, 0.2) is 11.7 Å². The van der Waals surface area contributed by atoms with Crippen molar-refractivity contribution in [3.63, 3.8) is 0 Å². The highest BCUT2D eigenvalue weighted by Crippen LogP contribution is 2.13. The molecule has 1 fully saturated rings. The van der Waals surface area contributed by atoms with E-state index in [0.29, 0.717) is 31.4 Å². The van der Waals surface area contributed by atoms with Crippen molar-refractivity contribution in [1.29, 1.82) is 0 Å². The lowest BCUT2D eigenvalue weighted by Crippen LogP contribution is -2.58. The minimum atomic E-state index is -1.31.